The summed E-state index contributed by atoms with van der Waals surface area (Å²) in [5, 5.41) is 4.46. The summed E-state index contributed by atoms with van der Waals surface area (Å²) in [6, 6.07) is 19.1. The molecule has 0 atom stereocenters. The number of halogens is 1. The van der Waals surface area contributed by atoms with Gasteiger partial charge < -0.3 is 10.1 Å². The van der Waals surface area contributed by atoms with Crippen molar-refractivity contribution in [1.82, 2.24) is 4.98 Å². The number of rotatable bonds is 4. The molecule has 0 spiro atoms. The first-order valence-corrected chi connectivity index (χ1v) is 10.4. The standard InChI is InChI=1S/C26H23ClN2O2/c1-15-11-16(2)25-20(12-15)21(26(30)29-23-10-6-9-22(27)17(23)3)14-24(28-25)18-7-5-8-19(13-18)31-4/h5-14H,1-4H3,(H,29,30). The predicted molar refractivity (Wildman–Crippen MR) is 127 cm³/mol. The average molecular weight is 431 g/mol. The van der Waals surface area contributed by atoms with Crippen LogP contribution in [0.25, 0.3) is 22.2 Å². The first-order valence-electron chi connectivity index (χ1n) is 10.0. The molecule has 4 aromatic rings. The molecule has 0 aliphatic rings. The van der Waals surface area contributed by atoms with Gasteiger partial charge in [0, 0.05) is 21.7 Å². The number of ether oxygens (including phenoxy) is 1. The largest absolute Gasteiger partial charge is 0.497 e. The molecular weight excluding hydrogens is 408 g/mol. The van der Waals surface area contributed by atoms with Crippen LogP contribution in [-0.4, -0.2) is 18.0 Å². The molecule has 0 aliphatic heterocycles. The maximum absolute atomic E-state index is 13.4. The molecule has 0 bridgehead atoms. The van der Waals surface area contributed by atoms with Crippen LogP contribution in [0.1, 0.15) is 27.0 Å². The predicted octanol–water partition coefficient (Wildman–Crippen LogP) is 6.74. The third kappa shape index (κ3) is 4.12. The first kappa shape index (κ1) is 20.9. The Balaban J connectivity index is 1.89. The third-order valence-electron chi connectivity index (χ3n) is 5.37. The van der Waals surface area contributed by atoms with Crippen LogP contribution in [0.15, 0.2) is 60.7 Å². The van der Waals surface area contributed by atoms with Gasteiger partial charge in [-0.05, 0) is 68.3 Å². The Hall–Kier alpha value is -3.37. The van der Waals surface area contributed by atoms with E-state index in [2.05, 4.69) is 11.4 Å². The Morgan fingerprint density at radius 2 is 1.77 bits per heavy atom. The Morgan fingerprint density at radius 3 is 2.55 bits per heavy atom. The number of anilines is 1. The second-order valence-electron chi connectivity index (χ2n) is 7.63. The minimum Gasteiger partial charge on any atom is -0.497 e. The molecule has 0 saturated heterocycles. The lowest BCUT2D eigenvalue weighted by atomic mass is 9.99. The smallest absolute Gasteiger partial charge is 0.256 e. The highest BCUT2D eigenvalue weighted by molar-refractivity contribution is 6.31. The molecule has 0 fully saturated rings. The van der Waals surface area contributed by atoms with Crippen molar-refractivity contribution in [1.29, 1.82) is 0 Å². The molecule has 0 saturated carbocycles. The third-order valence-corrected chi connectivity index (χ3v) is 5.78. The van der Waals surface area contributed by atoms with Gasteiger partial charge in [-0.2, -0.15) is 0 Å². The van der Waals surface area contributed by atoms with E-state index in [1.54, 1.807) is 7.11 Å². The summed E-state index contributed by atoms with van der Waals surface area (Å²) in [5.41, 5.74) is 6.58. The highest BCUT2D eigenvalue weighted by atomic mass is 35.5. The Labute approximate surface area is 186 Å². The summed E-state index contributed by atoms with van der Waals surface area (Å²) in [4.78, 5) is 18.3. The number of carbonyl (C=O) groups is 1. The zero-order chi connectivity index (χ0) is 22.1. The van der Waals surface area contributed by atoms with Gasteiger partial charge >= 0.3 is 0 Å². The lowest BCUT2D eigenvalue weighted by Crippen LogP contribution is -2.14. The van der Waals surface area contributed by atoms with Gasteiger partial charge in [-0.1, -0.05) is 41.4 Å². The zero-order valence-corrected chi connectivity index (χ0v) is 18.7. The molecule has 5 heteroatoms. The molecule has 4 rings (SSSR count). The molecule has 0 radical (unpaired) electrons. The second-order valence-corrected chi connectivity index (χ2v) is 8.04. The van der Waals surface area contributed by atoms with Crippen molar-refractivity contribution < 1.29 is 9.53 Å². The van der Waals surface area contributed by atoms with Crippen molar-refractivity contribution in [2.45, 2.75) is 20.8 Å². The first-order chi connectivity index (χ1) is 14.9. The van der Waals surface area contributed by atoms with Crippen LogP contribution in [-0.2, 0) is 0 Å². The second kappa shape index (κ2) is 8.40. The van der Waals surface area contributed by atoms with Crippen molar-refractivity contribution in [2.24, 2.45) is 0 Å². The number of nitrogens with one attached hydrogen (secondary N) is 1. The molecular formula is C26H23ClN2O2. The van der Waals surface area contributed by atoms with Crippen LogP contribution >= 0.6 is 11.6 Å². The number of carbonyl (C=O) groups excluding carboxylic acids is 1. The fourth-order valence-electron chi connectivity index (χ4n) is 3.73. The zero-order valence-electron chi connectivity index (χ0n) is 17.9. The molecule has 0 aliphatic carbocycles. The summed E-state index contributed by atoms with van der Waals surface area (Å²) >= 11 is 6.24. The number of benzene rings is 3. The van der Waals surface area contributed by atoms with Crippen LogP contribution < -0.4 is 10.1 Å². The SMILES string of the molecule is COc1cccc(-c2cc(C(=O)Nc3cccc(Cl)c3C)c3cc(C)cc(C)c3n2)c1. The van der Waals surface area contributed by atoms with Gasteiger partial charge in [-0.3, -0.25) is 4.79 Å². The quantitative estimate of drug-likeness (QED) is 0.390. The number of amides is 1. The average Bonchev–Trinajstić information content (AvgIpc) is 2.76. The fraction of sp³-hybridized carbons (Fsp3) is 0.154. The topological polar surface area (TPSA) is 51.2 Å². The van der Waals surface area contributed by atoms with Crippen LogP contribution in [0.4, 0.5) is 5.69 Å². The number of hydrogen-bond acceptors (Lipinski definition) is 3. The molecule has 0 unspecified atom stereocenters. The summed E-state index contributed by atoms with van der Waals surface area (Å²) in [6.07, 6.45) is 0. The molecule has 1 amide bonds. The molecule has 156 valence electrons. The number of hydrogen-bond donors (Lipinski definition) is 1. The lowest BCUT2D eigenvalue weighted by Gasteiger charge is -2.14. The number of pyridine rings is 1. The van der Waals surface area contributed by atoms with Crippen LogP contribution in [0.3, 0.4) is 0 Å². The highest BCUT2D eigenvalue weighted by Crippen LogP contribution is 2.31. The minimum absolute atomic E-state index is 0.202. The van der Waals surface area contributed by atoms with Gasteiger partial charge in [0.2, 0.25) is 0 Å². The Morgan fingerprint density at radius 1 is 1.00 bits per heavy atom. The maximum Gasteiger partial charge on any atom is 0.256 e. The van der Waals surface area contributed by atoms with Crippen molar-refractivity contribution in [3.8, 4) is 17.0 Å². The van der Waals surface area contributed by atoms with E-state index in [0.717, 1.165) is 38.9 Å². The summed E-state index contributed by atoms with van der Waals surface area (Å²) < 4.78 is 5.36. The van der Waals surface area contributed by atoms with Crippen LogP contribution in [0.2, 0.25) is 5.02 Å². The van der Waals surface area contributed by atoms with E-state index in [9.17, 15) is 4.79 Å². The monoisotopic (exact) mass is 430 g/mol. The Bertz CT molecular complexity index is 1310. The highest BCUT2D eigenvalue weighted by Gasteiger charge is 2.17. The Kier molecular flexibility index (Phi) is 5.66. The van der Waals surface area contributed by atoms with E-state index in [0.29, 0.717) is 22.0 Å². The van der Waals surface area contributed by atoms with E-state index >= 15 is 0 Å². The maximum atomic E-state index is 13.4. The summed E-state index contributed by atoms with van der Waals surface area (Å²) in [5.74, 6) is 0.535. The van der Waals surface area contributed by atoms with Crippen molar-refractivity contribution in [2.75, 3.05) is 12.4 Å². The number of methoxy groups -OCH3 is 1. The van der Waals surface area contributed by atoms with Crippen LogP contribution in [0, 0.1) is 20.8 Å². The molecule has 3 aromatic carbocycles. The van der Waals surface area contributed by atoms with Crippen LogP contribution in [0.5, 0.6) is 5.75 Å². The lowest BCUT2D eigenvalue weighted by molar-refractivity contribution is 0.102. The molecule has 31 heavy (non-hydrogen) atoms. The summed E-state index contributed by atoms with van der Waals surface area (Å²) in [6.45, 7) is 5.92. The van der Waals surface area contributed by atoms with E-state index < -0.39 is 0 Å². The van der Waals surface area contributed by atoms with Crippen molar-refractivity contribution in [3.05, 3.63) is 87.9 Å². The van der Waals surface area contributed by atoms with Gasteiger partial charge in [-0.25, -0.2) is 4.98 Å². The number of nitrogens with zero attached hydrogens (tertiary/aromatic N) is 1. The molecule has 1 aromatic heterocycles. The minimum atomic E-state index is -0.202. The molecule has 1 heterocycles. The van der Waals surface area contributed by atoms with Gasteiger partial charge in [-0.15, -0.1) is 0 Å². The van der Waals surface area contributed by atoms with Gasteiger partial charge in [0.05, 0.1) is 23.9 Å². The van der Waals surface area contributed by atoms with E-state index in [1.807, 2.05) is 75.4 Å². The normalized spacial score (nSPS) is 10.9. The van der Waals surface area contributed by atoms with Crippen molar-refractivity contribution in [3.63, 3.8) is 0 Å². The van der Waals surface area contributed by atoms with Gasteiger partial charge in [0.1, 0.15) is 5.75 Å². The van der Waals surface area contributed by atoms with Crippen molar-refractivity contribution >= 4 is 34.1 Å². The summed E-state index contributed by atoms with van der Waals surface area (Å²) in [7, 11) is 1.63. The number of fused-ring (bicyclic) bond motifs is 1. The molecule has 1 N–H and O–H groups in total. The van der Waals surface area contributed by atoms with E-state index in [4.69, 9.17) is 21.3 Å². The fourth-order valence-corrected chi connectivity index (χ4v) is 3.91. The van der Waals surface area contributed by atoms with E-state index in [-0.39, 0.29) is 5.91 Å². The van der Waals surface area contributed by atoms with E-state index in [1.165, 1.54) is 0 Å². The molecule has 4 nitrogen and oxygen atoms in total. The number of aromatic nitrogens is 1. The van der Waals surface area contributed by atoms with Gasteiger partial charge in [0.15, 0.2) is 0 Å². The number of aryl methyl sites for hydroxylation is 2. The van der Waals surface area contributed by atoms with Gasteiger partial charge in [0.25, 0.3) is 5.91 Å².